The van der Waals surface area contributed by atoms with Gasteiger partial charge in [0.05, 0.1) is 13.7 Å². The second kappa shape index (κ2) is 10.8. The maximum absolute atomic E-state index is 12.1. The first kappa shape index (κ1) is 21.0. The van der Waals surface area contributed by atoms with Crippen LogP contribution in [0.2, 0.25) is 0 Å². The topological polar surface area (TPSA) is 73.9 Å². The number of benzene rings is 2. The molecule has 148 valence electrons. The van der Waals surface area contributed by atoms with E-state index in [1.165, 1.54) is 13.0 Å². The SMILES string of the molecule is CCOc1ccc(/C=C/C(=O)O[C@@H](C)C(=O)NCc2ccc(OC)cc2)cc1. The molecule has 0 fully saturated rings. The maximum Gasteiger partial charge on any atom is 0.331 e. The Hall–Kier alpha value is -3.28. The highest BCUT2D eigenvalue weighted by Crippen LogP contribution is 2.13. The average Bonchev–Trinajstić information content (AvgIpc) is 2.72. The molecule has 0 spiro atoms. The Kier molecular flexibility index (Phi) is 8.09. The summed E-state index contributed by atoms with van der Waals surface area (Å²) in [5.41, 5.74) is 1.75. The predicted molar refractivity (Wildman–Crippen MR) is 107 cm³/mol. The molecule has 0 aromatic heterocycles. The second-order valence-corrected chi connectivity index (χ2v) is 5.98. The zero-order valence-corrected chi connectivity index (χ0v) is 16.3. The van der Waals surface area contributed by atoms with Gasteiger partial charge in [-0.2, -0.15) is 0 Å². The number of esters is 1. The normalized spacial score (nSPS) is 11.7. The lowest BCUT2D eigenvalue weighted by Crippen LogP contribution is -2.35. The van der Waals surface area contributed by atoms with Crippen molar-refractivity contribution in [1.29, 1.82) is 0 Å². The van der Waals surface area contributed by atoms with Crippen molar-refractivity contribution >= 4 is 18.0 Å². The summed E-state index contributed by atoms with van der Waals surface area (Å²) in [5.74, 6) is 0.570. The van der Waals surface area contributed by atoms with E-state index in [0.29, 0.717) is 13.2 Å². The van der Waals surface area contributed by atoms with Crippen molar-refractivity contribution in [1.82, 2.24) is 5.32 Å². The van der Waals surface area contributed by atoms with Crippen molar-refractivity contribution in [3.8, 4) is 11.5 Å². The maximum atomic E-state index is 12.1. The summed E-state index contributed by atoms with van der Waals surface area (Å²) in [5, 5.41) is 2.74. The van der Waals surface area contributed by atoms with Crippen LogP contribution in [0.25, 0.3) is 6.08 Å². The van der Waals surface area contributed by atoms with E-state index in [9.17, 15) is 9.59 Å². The molecule has 2 rings (SSSR count). The summed E-state index contributed by atoms with van der Waals surface area (Å²) in [7, 11) is 1.59. The van der Waals surface area contributed by atoms with Crippen LogP contribution in [-0.2, 0) is 20.9 Å². The molecule has 0 bridgehead atoms. The highest BCUT2D eigenvalue weighted by Gasteiger charge is 2.16. The van der Waals surface area contributed by atoms with Gasteiger partial charge in [0.1, 0.15) is 11.5 Å². The van der Waals surface area contributed by atoms with Gasteiger partial charge >= 0.3 is 5.97 Å². The Morgan fingerprint density at radius 1 is 1.04 bits per heavy atom. The lowest BCUT2D eigenvalue weighted by Gasteiger charge is -2.12. The largest absolute Gasteiger partial charge is 0.497 e. The van der Waals surface area contributed by atoms with Gasteiger partial charge in [-0.15, -0.1) is 0 Å². The lowest BCUT2D eigenvalue weighted by atomic mass is 10.2. The van der Waals surface area contributed by atoms with Gasteiger partial charge in [0.15, 0.2) is 6.10 Å². The van der Waals surface area contributed by atoms with Gasteiger partial charge in [0.2, 0.25) is 0 Å². The van der Waals surface area contributed by atoms with Crippen molar-refractivity contribution in [2.24, 2.45) is 0 Å². The first-order valence-corrected chi connectivity index (χ1v) is 9.04. The van der Waals surface area contributed by atoms with Crippen LogP contribution < -0.4 is 14.8 Å². The third kappa shape index (κ3) is 6.79. The quantitative estimate of drug-likeness (QED) is 0.531. The number of methoxy groups -OCH3 is 1. The van der Waals surface area contributed by atoms with E-state index in [1.807, 2.05) is 55.5 Å². The molecular weight excluding hydrogens is 358 g/mol. The highest BCUT2D eigenvalue weighted by atomic mass is 16.5. The summed E-state index contributed by atoms with van der Waals surface area (Å²) in [6, 6.07) is 14.7. The summed E-state index contributed by atoms with van der Waals surface area (Å²) in [4.78, 5) is 24.0. The predicted octanol–water partition coefficient (Wildman–Crippen LogP) is 3.36. The number of carbonyl (C=O) groups is 2. The number of hydrogen-bond acceptors (Lipinski definition) is 5. The van der Waals surface area contributed by atoms with Gasteiger partial charge in [-0.1, -0.05) is 24.3 Å². The number of amides is 1. The molecule has 0 aliphatic rings. The Morgan fingerprint density at radius 3 is 2.29 bits per heavy atom. The Bertz CT molecular complexity index is 797. The molecule has 0 aliphatic heterocycles. The minimum Gasteiger partial charge on any atom is -0.497 e. The second-order valence-electron chi connectivity index (χ2n) is 5.98. The van der Waals surface area contributed by atoms with E-state index >= 15 is 0 Å². The van der Waals surface area contributed by atoms with Gasteiger partial charge in [-0.3, -0.25) is 4.79 Å². The van der Waals surface area contributed by atoms with Gasteiger partial charge < -0.3 is 19.5 Å². The molecule has 2 aromatic carbocycles. The van der Waals surface area contributed by atoms with Crippen LogP contribution in [0.3, 0.4) is 0 Å². The molecular formula is C22H25NO5. The van der Waals surface area contributed by atoms with E-state index < -0.39 is 12.1 Å². The summed E-state index contributed by atoms with van der Waals surface area (Å²) in [6.45, 7) is 4.39. The summed E-state index contributed by atoms with van der Waals surface area (Å²) >= 11 is 0. The first-order chi connectivity index (χ1) is 13.5. The Balaban J connectivity index is 1.79. The minimum absolute atomic E-state index is 0.340. The van der Waals surface area contributed by atoms with Crippen LogP contribution in [0.1, 0.15) is 25.0 Å². The van der Waals surface area contributed by atoms with Crippen LogP contribution in [0, 0.1) is 0 Å². The third-order valence-electron chi connectivity index (χ3n) is 3.89. The Labute approximate surface area is 165 Å². The standard InChI is InChI=1S/C22H25NO5/c1-4-27-20-12-5-17(6-13-20)9-14-21(24)28-16(2)22(25)23-15-18-7-10-19(26-3)11-8-18/h5-14,16H,4,15H2,1-3H3,(H,23,25)/b14-9+/t16-/m0/s1. The molecule has 2 aromatic rings. The number of hydrogen-bond donors (Lipinski definition) is 1. The van der Waals surface area contributed by atoms with E-state index in [1.54, 1.807) is 13.2 Å². The van der Waals surface area contributed by atoms with Gasteiger partial charge in [-0.05, 0) is 55.3 Å². The van der Waals surface area contributed by atoms with Crippen LogP contribution in [-0.4, -0.2) is 31.7 Å². The van der Waals surface area contributed by atoms with Crippen LogP contribution in [0.5, 0.6) is 11.5 Å². The molecule has 28 heavy (non-hydrogen) atoms. The lowest BCUT2D eigenvalue weighted by molar-refractivity contribution is -0.150. The van der Waals surface area contributed by atoms with Gasteiger partial charge in [0.25, 0.3) is 5.91 Å². The van der Waals surface area contributed by atoms with E-state index in [-0.39, 0.29) is 5.91 Å². The molecule has 0 unspecified atom stereocenters. The number of rotatable bonds is 9. The molecule has 1 amide bonds. The third-order valence-corrected chi connectivity index (χ3v) is 3.89. The van der Waals surface area contributed by atoms with E-state index in [4.69, 9.17) is 14.2 Å². The van der Waals surface area contributed by atoms with Crippen molar-refractivity contribution in [2.45, 2.75) is 26.5 Å². The molecule has 1 N–H and O–H groups in total. The highest BCUT2D eigenvalue weighted by molar-refractivity contribution is 5.90. The van der Waals surface area contributed by atoms with Crippen LogP contribution >= 0.6 is 0 Å². The zero-order valence-electron chi connectivity index (χ0n) is 16.3. The van der Waals surface area contributed by atoms with Crippen molar-refractivity contribution in [3.63, 3.8) is 0 Å². The summed E-state index contributed by atoms with van der Waals surface area (Å²) < 4.78 is 15.6. The molecule has 6 nitrogen and oxygen atoms in total. The number of ether oxygens (including phenoxy) is 3. The fourth-order valence-electron chi connectivity index (χ4n) is 2.35. The molecule has 0 aliphatic carbocycles. The van der Waals surface area contributed by atoms with Crippen LogP contribution in [0.4, 0.5) is 0 Å². The van der Waals surface area contributed by atoms with Gasteiger partial charge in [-0.25, -0.2) is 4.79 Å². The van der Waals surface area contributed by atoms with Crippen LogP contribution in [0.15, 0.2) is 54.6 Å². The number of carbonyl (C=O) groups excluding carboxylic acids is 2. The average molecular weight is 383 g/mol. The monoisotopic (exact) mass is 383 g/mol. The Morgan fingerprint density at radius 2 is 1.68 bits per heavy atom. The fraction of sp³-hybridized carbons (Fsp3) is 0.273. The molecule has 6 heteroatoms. The number of nitrogens with one attached hydrogen (secondary N) is 1. The summed E-state index contributed by atoms with van der Waals surface area (Å²) in [6.07, 6.45) is 2.03. The minimum atomic E-state index is -0.893. The first-order valence-electron chi connectivity index (χ1n) is 9.04. The van der Waals surface area contributed by atoms with Crippen molar-refractivity contribution in [2.75, 3.05) is 13.7 Å². The molecule has 0 radical (unpaired) electrons. The molecule has 0 heterocycles. The molecule has 0 saturated heterocycles. The molecule has 0 saturated carbocycles. The fourth-order valence-corrected chi connectivity index (χ4v) is 2.35. The van der Waals surface area contributed by atoms with E-state index in [2.05, 4.69) is 5.32 Å². The van der Waals surface area contributed by atoms with E-state index in [0.717, 1.165) is 22.6 Å². The van der Waals surface area contributed by atoms with Crippen molar-refractivity contribution < 1.29 is 23.8 Å². The van der Waals surface area contributed by atoms with Crippen molar-refractivity contribution in [3.05, 3.63) is 65.7 Å². The molecule has 1 atom stereocenters. The smallest absolute Gasteiger partial charge is 0.331 e. The van der Waals surface area contributed by atoms with Gasteiger partial charge in [0, 0.05) is 12.6 Å². The zero-order chi connectivity index (χ0) is 20.4.